The number of benzene rings is 2. The summed E-state index contributed by atoms with van der Waals surface area (Å²) in [5.41, 5.74) is 4.18. The molecular weight excluding hydrogens is 298 g/mol. The first kappa shape index (κ1) is 18.1. The number of fused-ring (bicyclic) bond motifs is 1. The van der Waals surface area contributed by atoms with Gasteiger partial charge in [0.2, 0.25) is 0 Å². The van der Waals surface area contributed by atoms with Gasteiger partial charge in [0.15, 0.2) is 0 Å². The van der Waals surface area contributed by atoms with Gasteiger partial charge < -0.3 is 9.64 Å². The number of esters is 1. The lowest BCUT2D eigenvalue weighted by atomic mass is 10.1. The van der Waals surface area contributed by atoms with E-state index in [1.807, 2.05) is 20.8 Å². The third-order valence-electron chi connectivity index (χ3n) is 4.38. The predicted octanol–water partition coefficient (Wildman–Crippen LogP) is 4.87. The zero-order valence-electron chi connectivity index (χ0n) is 15.3. The Morgan fingerprint density at radius 1 is 1.04 bits per heavy atom. The van der Waals surface area contributed by atoms with Gasteiger partial charge in [0.1, 0.15) is 0 Å². The standard InChI is InChI=1S/C21H27NO2/c1-6-22(14-16(4)17(5)21(23)24-7-2)20-11-10-18-12-15(3)8-9-19(18)13-20/h8-13H,6-7,14H2,1-5H3/b17-16-. The molecule has 0 amide bonds. The van der Waals surface area contributed by atoms with Crippen molar-refractivity contribution in [1.82, 2.24) is 0 Å². The minimum Gasteiger partial charge on any atom is -0.463 e. The van der Waals surface area contributed by atoms with Gasteiger partial charge in [-0.1, -0.05) is 29.8 Å². The number of carbonyl (C=O) groups is 1. The molecule has 0 spiro atoms. The van der Waals surface area contributed by atoms with Crippen LogP contribution >= 0.6 is 0 Å². The zero-order valence-corrected chi connectivity index (χ0v) is 15.3. The fraction of sp³-hybridized carbons (Fsp3) is 0.381. The van der Waals surface area contributed by atoms with E-state index in [1.165, 1.54) is 22.0 Å². The van der Waals surface area contributed by atoms with Crippen LogP contribution in [0.2, 0.25) is 0 Å². The van der Waals surface area contributed by atoms with Crippen LogP contribution in [0.3, 0.4) is 0 Å². The van der Waals surface area contributed by atoms with Gasteiger partial charge in [-0.3, -0.25) is 0 Å². The second-order valence-corrected chi connectivity index (χ2v) is 6.17. The normalized spacial score (nSPS) is 12.0. The van der Waals surface area contributed by atoms with Gasteiger partial charge in [0.25, 0.3) is 0 Å². The quantitative estimate of drug-likeness (QED) is 0.560. The molecular formula is C21H27NO2. The van der Waals surface area contributed by atoms with Crippen molar-refractivity contribution in [3.05, 3.63) is 53.1 Å². The number of nitrogens with zero attached hydrogens (tertiary/aromatic N) is 1. The summed E-state index contributed by atoms with van der Waals surface area (Å²) in [7, 11) is 0. The average Bonchev–Trinajstić information content (AvgIpc) is 2.58. The highest BCUT2D eigenvalue weighted by atomic mass is 16.5. The van der Waals surface area contributed by atoms with Gasteiger partial charge in [-0.25, -0.2) is 4.79 Å². The van der Waals surface area contributed by atoms with Crippen LogP contribution in [0, 0.1) is 6.92 Å². The molecule has 0 aliphatic rings. The first-order valence-electron chi connectivity index (χ1n) is 8.55. The number of hydrogen-bond acceptors (Lipinski definition) is 3. The van der Waals surface area contributed by atoms with Crippen LogP contribution in [0.25, 0.3) is 10.8 Å². The van der Waals surface area contributed by atoms with Crippen molar-refractivity contribution >= 4 is 22.4 Å². The van der Waals surface area contributed by atoms with Crippen LogP contribution in [0.15, 0.2) is 47.5 Å². The van der Waals surface area contributed by atoms with E-state index in [1.54, 1.807) is 0 Å². The fourth-order valence-electron chi connectivity index (χ4n) is 2.75. The Balaban J connectivity index is 2.26. The second kappa shape index (κ2) is 8.00. The van der Waals surface area contributed by atoms with Gasteiger partial charge in [-0.05, 0) is 63.1 Å². The molecule has 128 valence electrons. The molecule has 0 atom stereocenters. The third kappa shape index (κ3) is 4.16. The average molecular weight is 325 g/mol. The van der Waals surface area contributed by atoms with Gasteiger partial charge in [-0.15, -0.1) is 0 Å². The molecule has 0 saturated heterocycles. The van der Waals surface area contributed by atoms with E-state index < -0.39 is 0 Å². The molecule has 2 aromatic carbocycles. The molecule has 0 unspecified atom stereocenters. The highest BCUT2D eigenvalue weighted by molar-refractivity contribution is 5.89. The van der Waals surface area contributed by atoms with Crippen LogP contribution in [-0.2, 0) is 9.53 Å². The van der Waals surface area contributed by atoms with E-state index in [9.17, 15) is 4.79 Å². The summed E-state index contributed by atoms with van der Waals surface area (Å²) in [5.74, 6) is -0.222. The number of hydrogen-bond donors (Lipinski definition) is 0. The number of likely N-dealkylation sites (N-methyl/N-ethyl adjacent to an activating group) is 1. The van der Waals surface area contributed by atoms with Crippen molar-refractivity contribution in [3.8, 4) is 0 Å². The number of aryl methyl sites for hydroxylation is 1. The van der Waals surface area contributed by atoms with Crippen molar-refractivity contribution < 1.29 is 9.53 Å². The Bertz CT molecular complexity index is 762. The van der Waals surface area contributed by atoms with Crippen molar-refractivity contribution in [1.29, 1.82) is 0 Å². The topological polar surface area (TPSA) is 29.5 Å². The highest BCUT2D eigenvalue weighted by Crippen LogP contribution is 2.24. The molecule has 3 nitrogen and oxygen atoms in total. The summed E-state index contributed by atoms with van der Waals surface area (Å²) in [5, 5.41) is 2.49. The summed E-state index contributed by atoms with van der Waals surface area (Å²) in [6.07, 6.45) is 0. The predicted molar refractivity (Wildman–Crippen MR) is 102 cm³/mol. The lowest BCUT2D eigenvalue weighted by molar-refractivity contribution is -0.138. The van der Waals surface area contributed by atoms with Crippen molar-refractivity contribution in [2.75, 3.05) is 24.6 Å². The summed E-state index contributed by atoms with van der Waals surface area (Å²) in [6, 6.07) is 13.0. The zero-order chi connectivity index (χ0) is 17.7. The van der Waals surface area contributed by atoms with Crippen molar-refractivity contribution in [2.24, 2.45) is 0 Å². The molecule has 24 heavy (non-hydrogen) atoms. The number of anilines is 1. The fourth-order valence-corrected chi connectivity index (χ4v) is 2.75. The first-order valence-corrected chi connectivity index (χ1v) is 8.55. The Labute approximate surface area is 144 Å². The molecule has 0 radical (unpaired) electrons. The molecule has 2 rings (SSSR count). The third-order valence-corrected chi connectivity index (χ3v) is 4.38. The smallest absolute Gasteiger partial charge is 0.333 e. The van der Waals surface area contributed by atoms with Gasteiger partial charge in [0, 0.05) is 24.4 Å². The molecule has 3 heteroatoms. The maximum atomic E-state index is 11.9. The van der Waals surface area contributed by atoms with Gasteiger partial charge >= 0.3 is 5.97 Å². The Morgan fingerprint density at radius 2 is 1.71 bits per heavy atom. The van der Waals surface area contributed by atoms with Crippen LogP contribution in [0.4, 0.5) is 5.69 Å². The molecule has 0 aliphatic carbocycles. The monoisotopic (exact) mass is 325 g/mol. The lowest BCUT2D eigenvalue weighted by Crippen LogP contribution is -2.26. The molecule has 0 saturated carbocycles. The molecule has 0 aromatic heterocycles. The van der Waals surface area contributed by atoms with E-state index in [4.69, 9.17) is 4.74 Å². The maximum absolute atomic E-state index is 11.9. The number of rotatable bonds is 6. The maximum Gasteiger partial charge on any atom is 0.333 e. The van der Waals surface area contributed by atoms with Gasteiger partial charge in [0.05, 0.1) is 6.61 Å². The largest absolute Gasteiger partial charge is 0.463 e. The summed E-state index contributed by atoms with van der Waals surface area (Å²) in [6.45, 7) is 11.9. The summed E-state index contributed by atoms with van der Waals surface area (Å²) < 4.78 is 5.10. The first-order chi connectivity index (χ1) is 11.5. The minimum atomic E-state index is -0.222. The Kier molecular flexibility index (Phi) is 6.02. The van der Waals surface area contributed by atoms with E-state index in [0.29, 0.717) is 12.2 Å². The van der Waals surface area contributed by atoms with E-state index in [2.05, 4.69) is 55.1 Å². The highest BCUT2D eigenvalue weighted by Gasteiger charge is 2.12. The molecule has 0 fully saturated rings. The molecule has 0 bridgehead atoms. The van der Waals surface area contributed by atoms with Crippen molar-refractivity contribution in [3.63, 3.8) is 0 Å². The lowest BCUT2D eigenvalue weighted by Gasteiger charge is -2.24. The molecule has 2 aromatic rings. The second-order valence-electron chi connectivity index (χ2n) is 6.17. The molecule has 0 heterocycles. The van der Waals surface area contributed by atoms with Crippen LogP contribution in [0.1, 0.15) is 33.3 Å². The summed E-state index contributed by atoms with van der Waals surface area (Å²) >= 11 is 0. The van der Waals surface area contributed by atoms with Crippen LogP contribution < -0.4 is 4.90 Å². The van der Waals surface area contributed by atoms with E-state index in [0.717, 1.165) is 18.7 Å². The van der Waals surface area contributed by atoms with Crippen LogP contribution in [0.5, 0.6) is 0 Å². The summed E-state index contributed by atoms with van der Waals surface area (Å²) in [4.78, 5) is 14.2. The Hall–Kier alpha value is -2.29. The molecule has 0 N–H and O–H groups in total. The number of ether oxygens (including phenoxy) is 1. The van der Waals surface area contributed by atoms with Gasteiger partial charge in [-0.2, -0.15) is 0 Å². The number of carbonyl (C=O) groups excluding carboxylic acids is 1. The minimum absolute atomic E-state index is 0.222. The SMILES string of the molecule is CCOC(=O)/C(C)=C(/C)CN(CC)c1ccc2cc(C)ccc2c1. The van der Waals surface area contributed by atoms with Crippen LogP contribution in [-0.4, -0.2) is 25.7 Å². The van der Waals surface area contributed by atoms with E-state index in [-0.39, 0.29) is 5.97 Å². The molecule has 0 aliphatic heterocycles. The Morgan fingerprint density at radius 3 is 2.38 bits per heavy atom. The van der Waals surface area contributed by atoms with E-state index >= 15 is 0 Å². The van der Waals surface area contributed by atoms with Crippen molar-refractivity contribution in [2.45, 2.75) is 34.6 Å².